The first kappa shape index (κ1) is 12.2. The van der Waals surface area contributed by atoms with Gasteiger partial charge in [-0.2, -0.15) is 0 Å². The van der Waals surface area contributed by atoms with Crippen LogP contribution >= 0.6 is 0 Å². The molecule has 0 aromatic heterocycles. The molecule has 0 radical (unpaired) electrons. The van der Waals surface area contributed by atoms with Crippen LogP contribution in [0.1, 0.15) is 44.9 Å². The maximum absolute atomic E-state index is 12.2. The molecule has 106 valence electrons. The zero-order valence-electron chi connectivity index (χ0n) is 11.6. The van der Waals surface area contributed by atoms with Gasteiger partial charge in [-0.3, -0.25) is 9.69 Å². The number of fused-ring (bicyclic) bond motifs is 6. The van der Waals surface area contributed by atoms with Gasteiger partial charge in [0.15, 0.2) is 0 Å². The van der Waals surface area contributed by atoms with Crippen molar-refractivity contribution in [1.29, 1.82) is 0 Å². The Hall–Kier alpha value is -0.610. The quantitative estimate of drug-likeness (QED) is 0.715. The number of nitrogens with zero attached hydrogens (tertiary/aromatic N) is 2. The lowest BCUT2D eigenvalue weighted by molar-refractivity contribution is -0.226. The fourth-order valence-electron chi connectivity index (χ4n) is 5.09. The van der Waals surface area contributed by atoms with Crippen LogP contribution in [0.25, 0.3) is 0 Å². The molecule has 4 atom stereocenters. The normalized spacial score (nSPS) is 46.7. The van der Waals surface area contributed by atoms with Gasteiger partial charge in [0.25, 0.3) is 0 Å². The van der Waals surface area contributed by atoms with Crippen LogP contribution in [0, 0.1) is 11.8 Å². The average molecular weight is 264 g/mol. The molecule has 4 fully saturated rings. The highest BCUT2D eigenvalue weighted by Crippen LogP contribution is 2.47. The Morgan fingerprint density at radius 1 is 1.21 bits per heavy atom. The van der Waals surface area contributed by atoms with Crippen molar-refractivity contribution in [2.75, 3.05) is 19.6 Å². The zero-order valence-corrected chi connectivity index (χ0v) is 11.6. The Balaban J connectivity index is 1.65. The molecule has 0 aromatic carbocycles. The molecule has 0 aromatic rings. The van der Waals surface area contributed by atoms with Gasteiger partial charge >= 0.3 is 0 Å². The summed E-state index contributed by atoms with van der Waals surface area (Å²) < 4.78 is 0. The molecule has 4 aliphatic rings. The molecule has 4 heterocycles. The van der Waals surface area contributed by atoms with E-state index in [1.165, 1.54) is 25.8 Å². The van der Waals surface area contributed by atoms with Crippen LogP contribution in [-0.4, -0.2) is 52.2 Å². The Labute approximate surface area is 114 Å². The molecule has 1 N–H and O–H groups in total. The van der Waals surface area contributed by atoms with Gasteiger partial charge in [-0.1, -0.05) is 6.42 Å². The van der Waals surface area contributed by atoms with Crippen LogP contribution in [0.2, 0.25) is 0 Å². The lowest BCUT2D eigenvalue weighted by atomic mass is 9.69. The lowest BCUT2D eigenvalue weighted by Crippen LogP contribution is -2.70. The van der Waals surface area contributed by atoms with Crippen LogP contribution in [0.4, 0.5) is 0 Å². The number of piperidine rings is 4. The summed E-state index contributed by atoms with van der Waals surface area (Å²) >= 11 is 0. The SMILES string of the molecule is O=C1CCC[C@@]2(O)[C@H]3C[C@@H](CN12)[C@H]1CCCCN1C3. The molecule has 0 aliphatic carbocycles. The van der Waals surface area contributed by atoms with Gasteiger partial charge < -0.3 is 10.0 Å². The Bertz CT molecular complexity index is 400. The first-order chi connectivity index (χ1) is 9.18. The minimum Gasteiger partial charge on any atom is -0.370 e. The maximum atomic E-state index is 12.2. The second-order valence-electron chi connectivity index (χ2n) is 6.99. The van der Waals surface area contributed by atoms with E-state index in [0.717, 1.165) is 32.4 Å². The highest BCUT2D eigenvalue weighted by atomic mass is 16.3. The van der Waals surface area contributed by atoms with E-state index in [2.05, 4.69) is 4.90 Å². The van der Waals surface area contributed by atoms with Gasteiger partial charge in [-0.25, -0.2) is 0 Å². The van der Waals surface area contributed by atoms with E-state index in [-0.39, 0.29) is 11.8 Å². The van der Waals surface area contributed by atoms with E-state index in [0.29, 0.717) is 18.4 Å². The van der Waals surface area contributed by atoms with Gasteiger partial charge in [0.1, 0.15) is 5.72 Å². The molecule has 19 heavy (non-hydrogen) atoms. The van der Waals surface area contributed by atoms with Crippen molar-refractivity contribution < 1.29 is 9.90 Å². The van der Waals surface area contributed by atoms with Crippen LogP contribution in [0.5, 0.6) is 0 Å². The van der Waals surface area contributed by atoms with Gasteiger partial charge in [0.2, 0.25) is 5.91 Å². The third-order valence-corrected chi connectivity index (χ3v) is 6.03. The minimum absolute atomic E-state index is 0.188. The fourth-order valence-corrected chi connectivity index (χ4v) is 5.09. The van der Waals surface area contributed by atoms with Crippen LogP contribution in [0.15, 0.2) is 0 Å². The van der Waals surface area contributed by atoms with E-state index >= 15 is 0 Å². The van der Waals surface area contributed by atoms with Crippen molar-refractivity contribution in [3.63, 3.8) is 0 Å². The summed E-state index contributed by atoms with van der Waals surface area (Å²) in [6.07, 6.45) is 7.33. The van der Waals surface area contributed by atoms with E-state index in [1.54, 1.807) is 0 Å². The Morgan fingerprint density at radius 2 is 2.11 bits per heavy atom. The highest BCUT2D eigenvalue weighted by molar-refractivity contribution is 5.78. The molecule has 4 nitrogen and oxygen atoms in total. The molecule has 0 saturated carbocycles. The third-order valence-electron chi connectivity index (χ3n) is 6.03. The summed E-state index contributed by atoms with van der Waals surface area (Å²) in [5.41, 5.74) is -0.825. The molecule has 0 spiro atoms. The molecule has 4 aliphatic heterocycles. The summed E-state index contributed by atoms with van der Waals surface area (Å²) in [6, 6.07) is 0.671. The molecular weight excluding hydrogens is 240 g/mol. The lowest BCUT2D eigenvalue weighted by Gasteiger charge is -2.60. The van der Waals surface area contributed by atoms with Gasteiger partial charge in [0.05, 0.1) is 0 Å². The van der Waals surface area contributed by atoms with Crippen molar-refractivity contribution in [2.24, 2.45) is 11.8 Å². The first-order valence-electron chi connectivity index (χ1n) is 7.95. The molecule has 1 amide bonds. The molecular formula is C15H24N2O2. The summed E-state index contributed by atoms with van der Waals surface area (Å²) in [7, 11) is 0. The number of amides is 1. The van der Waals surface area contributed by atoms with E-state index in [4.69, 9.17) is 0 Å². The van der Waals surface area contributed by atoms with E-state index < -0.39 is 5.72 Å². The predicted molar refractivity (Wildman–Crippen MR) is 71.3 cm³/mol. The first-order valence-corrected chi connectivity index (χ1v) is 7.95. The van der Waals surface area contributed by atoms with Gasteiger partial charge in [0, 0.05) is 31.5 Å². The number of aliphatic hydroxyl groups is 1. The topological polar surface area (TPSA) is 43.8 Å². The zero-order chi connectivity index (χ0) is 13.0. The van der Waals surface area contributed by atoms with E-state index in [9.17, 15) is 9.90 Å². The van der Waals surface area contributed by atoms with Crippen molar-refractivity contribution in [1.82, 2.24) is 9.80 Å². The standard InChI is InChI=1S/C15H24N2O2/c18-14-5-3-6-15(19)12-8-11(9-17(14)15)13-4-1-2-7-16(13)10-12/h11-13,19H,1-10H2/t11-,12-,13+,15+/m0/s1. The predicted octanol–water partition coefficient (Wildman–Crippen LogP) is 1.19. The molecule has 2 bridgehead atoms. The maximum Gasteiger partial charge on any atom is 0.224 e. The van der Waals surface area contributed by atoms with Crippen molar-refractivity contribution in [3.8, 4) is 0 Å². The summed E-state index contributed by atoms with van der Waals surface area (Å²) in [6.45, 7) is 3.00. The second-order valence-corrected chi connectivity index (χ2v) is 6.99. The summed E-state index contributed by atoms with van der Waals surface area (Å²) in [5.74, 6) is 1.07. The number of carbonyl (C=O) groups excluding carboxylic acids is 1. The molecule has 4 rings (SSSR count). The Kier molecular flexibility index (Phi) is 2.68. The number of carbonyl (C=O) groups is 1. The number of rotatable bonds is 0. The van der Waals surface area contributed by atoms with Crippen LogP contribution < -0.4 is 0 Å². The number of hydrogen-bond acceptors (Lipinski definition) is 3. The average Bonchev–Trinajstić information content (AvgIpc) is 2.42. The Morgan fingerprint density at radius 3 is 3.00 bits per heavy atom. The highest BCUT2D eigenvalue weighted by Gasteiger charge is 2.55. The van der Waals surface area contributed by atoms with Gasteiger partial charge in [-0.15, -0.1) is 0 Å². The fraction of sp³-hybridized carbons (Fsp3) is 0.933. The molecule has 0 unspecified atom stereocenters. The monoisotopic (exact) mass is 264 g/mol. The largest absolute Gasteiger partial charge is 0.370 e. The minimum atomic E-state index is -0.825. The van der Waals surface area contributed by atoms with Crippen molar-refractivity contribution >= 4 is 5.91 Å². The number of hydrogen-bond donors (Lipinski definition) is 1. The molecule has 4 saturated heterocycles. The van der Waals surface area contributed by atoms with Crippen LogP contribution in [0.3, 0.4) is 0 Å². The van der Waals surface area contributed by atoms with Crippen molar-refractivity contribution in [3.05, 3.63) is 0 Å². The van der Waals surface area contributed by atoms with E-state index in [1.807, 2.05) is 4.90 Å². The second kappa shape index (κ2) is 4.19. The summed E-state index contributed by atoms with van der Waals surface area (Å²) in [4.78, 5) is 16.6. The van der Waals surface area contributed by atoms with Gasteiger partial charge in [-0.05, 0) is 44.6 Å². The smallest absolute Gasteiger partial charge is 0.224 e. The molecule has 4 heteroatoms. The summed E-state index contributed by atoms with van der Waals surface area (Å²) in [5, 5.41) is 11.0. The third kappa shape index (κ3) is 1.69. The van der Waals surface area contributed by atoms with Crippen molar-refractivity contribution in [2.45, 2.75) is 56.7 Å². The van der Waals surface area contributed by atoms with Crippen LogP contribution in [-0.2, 0) is 4.79 Å².